The molecular formula is C13H13N5O. The van der Waals surface area contributed by atoms with Crippen LogP contribution in [0.5, 0.6) is 0 Å². The second kappa shape index (κ2) is 3.89. The monoisotopic (exact) mass is 255 g/mol. The van der Waals surface area contributed by atoms with Crippen LogP contribution in [-0.4, -0.2) is 19.8 Å². The topological polar surface area (TPSA) is 82.2 Å². The molecule has 19 heavy (non-hydrogen) atoms. The first-order chi connectivity index (χ1) is 9.33. The van der Waals surface area contributed by atoms with Gasteiger partial charge in [-0.3, -0.25) is 0 Å². The molecule has 0 aromatic carbocycles. The average molecular weight is 255 g/mol. The van der Waals surface area contributed by atoms with E-state index in [4.69, 9.17) is 10.3 Å². The summed E-state index contributed by atoms with van der Waals surface area (Å²) < 4.78 is 7.10. The number of fused-ring (bicyclic) bond motifs is 1. The summed E-state index contributed by atoms with van der Waals surface area (Å²) in [5.41, 5.74) is 7.85. The van der Waals surface area contributed by atoms with E-state index < -0.39 is 0 Å². The van der Waals surface area contributed by atoms with E-state index in [1.54, 1.807) is 10.7 Å². The standard InChI is InChI=1S/C13H13N5O/c14-11(8-4-5-8)12-16-13(19-17-12)9-7-15-18-6-2-1-3-10(9)18/h1-3,6-8,11H,4-5,14H2. The molecule has 3 heterocycles. The van der Waals surface area contributed by atoms with Crippen LogP contribution in [0.2, 0.25) is 0 Å². The summed E-state index contributed by atoms with van der Waals surface area (Å²) in [5, 5.41) is 8.25. The first-order valence-electron chi connectivity index (χ1n) is 6.35. The van der Waals surface area contributed by atoms with E-state index in [9.17, 15) is 0 Å². The fourth-order valence-corrected chi connectivity index (χ4v) is 2.25. The molecule has 1 aliphatic carbocycles. The van der Waals surface area contributed by atoms with Crippen molar-refractivity contribution in [3.8, 4) is 11.5 Å². The molecule has 3 aromatic rings. The SMILES string of the molecule is NC(c1noc(-c2cnn3ccccc23)n1)C1CC1. The highest BCUT2D eigenvalue weighted by atomic mass is 16.5. The number of rotatable bonds is 3. The van der Waals surface area contributed by atoms with Crippen molar-refractivity contribution in [1.29, 1.82) is 0 Å². The van der Waals surface area contributed by atoms with Crippen LogP contribution >= 0.6 is 0 Å². The van der Waals surface area contributed by atoms with Crippen LogP contribution in [0.4, 0.5) is 0 Å². The van der Waals surface area contributed by atoms with Gasteiger partial charge in [0.1, 0.15) is 0 Å². The van der Waals surface area contributed by atoms with Crippen molar-refractivity contribution in [2.45, 2.75) is 18.9 Å². The minimum Gasteiger partial charge on any atom is -0.334 e. The summed E-state index contributed by atoms with van der Waals surface area (Å²) in [6.07, 6.45) is 5.92. The van der Waals surface area contributed by atoms with Crippen molar-refractivity contribution in [3.05, 3.63) is 36.4 Å². The molecule has 6 nitrogen and oxygen atoms in total. The zero-order valence-corrected chi connectivity index (χ0v) is 10.2. The van der Waals surface area contributed by atoms with Gasteiger partial charge in [0.05, 0.1) is 23.3 Å². The van der Waals surface area contributed by atoms with Crippen molar-refractivity contribution in [2.24, 2.45) is 11.7 Å². The van der Waals surface area contributed by atoms with Crippen molar-refractivity contribution in [3.63, 3.8) is 0 Å². The fourth-order valence-electron chi connectivity index (χ4n) is 2.25. The second-order valence-electron chi connectivity index (χ2n) is 4.91. The molecule has 1 saturated carbocycles. The second-order valence-corrected chi connectivity index (χ2v) is 4.91. The van der Waals surface area contributed by atoms with Crippen LogP contribution in [0.25, 0.3) is 17.0 Å². The zero-order chi connectivity index (χ0) is 12.8. The van der Waals surface area contributed by atoms with Crippen molar-refractivity contribution >= 4 is 5.52 Å². The Morgan fingerprint density at radius 2 is 2.26 bits per heavy atom. The third-order valence-electron chi connectivity index (χ3n) is 3.53. The van der Waals surface area contributed by atoms with Gasteiger partial charge >= 0.3 is 0 Å². The summed E-state index contributed by atoms with van der Waals surface area (Å²) in [4.78, 5) is 4.41. The molecule has 0 saturated heterocycles. The van der Waals surface area contributed by atoms with Crippen molar-refractivity contribution in [2.75, 3.05) is 0 Å². The Hall–Kier alpha value is -2.21. The average Bonchev–Trinajstić information content (AvgIpc) is 3.01. The maximum absolute atomic E-state index is 6.07. The molecule has 1 fully saturated rings. The number of aromatic nitrogens is 4. The van der Waals surface area contributed by atoms with Crippen LogP contribution in [0.15, 0.2) is 35.1 Å². The summed E-state index contributed by atoms with van der Waals surface area (Å²) in [5.74, 6) is 1.58. The normalized spacial score (nSPS) is 16.9. The van der Waals surface area contributed by atoms with E-state index in [1.807, 2.05) is 24.4 Å². The predicted octanol–water partition coefficient (Wildman–Crippen LogP) is 1.79. The summed E-state index contributed by atoms with van der Waals surface area (Å²) in [6, 6.07) is 5.73. The third-order valence-corrected chi connectivity index (χ3v) is 3.53. The number of pyridine rings is 1. The van der Waals surface area contributed by atoms with Gasteiger partial charge in [-0.05, 0) is 30.9 Å². The summed E-state index contributed by atoms with van der Waals surface area (Å²) in [7, 11) is 0. The molecule has 6 heteroatoms. The highest BCUT2D eigenvalue weighted by Crippen LogP contribution is 2.38. The Labute approximate surface area is 109 Å². The lowest BCUT2D eigenvalue weighted by molar-refractivity contribution is 0.412. The Bertz CT molecular complexity index is 727. The van der Waals surface area contributed by atoms with Gasteiger partial charge in [0.25, 0.3) is 5.89 Å². The summed E-state index contributed by atoms with van der Waals surface area (Å²) in [6.45, 7) is 0. The van der Waals surface area contributed by atoms with Crippen LogP contribution in [0, 0.1) is 5.92 Å². The number of hydrogen-bond donors (Lipinski definition) is 1. The zero-order valence-electron chi connectivity index (χ0n) is 10.2. The molecule has 0 bridgehead atoms. The lowest BCUT2D eigenvalue weighted by Crippen LogP contribution is -2.13. The first-order valence-corrected chi connectivity index (χ1v) is 6.35. The van der Waals surface area contributed by atoms with Crippen molar-refractivity contribution in [1.82, 2.24) is 19.8 Å². The molecule has 0 radical (unpaired) electrons. The summed E-state index contributed by atoms with van der Waals surface area (Å²) >= 11 is 0. The Morgan fingerprint density at radius 1 is 1.37 bits per heavy atom. The molecule has 3 aromatic heterocycles. The van der Waals surface area contributed by atoms with E-state index in [0.717, 1.165) is 23.9 Å². The van der Waals surface area contributed by atoms with Gasteiger partial charge in [-0.15, -0.1) is 0 Å². The van der Waals surface area contributed by atoms with Gasteiger partial charge in [0.2, 0.25) is 0 Å². The van der Waals surface area contributed by atoms with Crippen molar-refractivity contribution < 1.29 is 4.52 Å². The number of nitrogens with zero attached hydrogens (tertiary/aromatic N) is 4. The van der Waals surface area contributed by atoms with Crippen LogP contribution in [0.1, 0.15) is 24.7 Å². The van der Waals surface area contributed by atoms with Gasteiger partial charge in [-0.1, -0.05) is 11.2 Å². The lowest BCUT2D eigenvalue weighted by atomic mass is 10.2. The van der Waals surface area contributed by atoms with Gasteiger partial charge in [-0.25, -0.2) is 4.52 Å². The van der Waals surface area contributed by atoms with E-state index in [-0.39, 0.29) is 6.04 Å². The largest absolute Gasteiger partial charge is 0.334 e. The minimum atomic E-state index is -0.112. The van der Waals surface area contributed by atoms with Gasteiger partial charge in [0, 0.05) is 6.20 Å². The van der Waals surface area contributed by atoms with E-state index in [1.165, 1.54) is 0 Å². The molecular weight excluding hydrogens is 242 g/mol. The van der Waals surface area contributed by atoms with Gasteiger partial charge < -0.3 is 10.3 Å². The minimum absolute atomic E-state index is 0.112. The fraction of sp³-hybridized carbons (Fsp3) is 0.308. The van der Waals surface area contributed by atoms with E-state index >= 15 is 0 Å². The van der Waals surface area contributed by atoms with E-state index in [0.29, 0.717) is 17.6 Å². The molecule has 96 valence electrons. The lowest BCUT2D eigenvalue weighted by Gasteiger charge is -2.01. The first kappa shape index (κ1) is 10.7. The highest BCUT2D eigenvalue weighted by molar-refractivity contribution is 5.74. The molecule has 0 spiro atoms. The maximum atomic E-state index is 6.07. The molecule has 1 unspecified atom stereocenters. The van der Waals surface area contributed by atoms with Gasteiger partial charge in [-0.2, -0.15) is 10.1 Å². The quantitative estimate of drug-likeness (QED) is 0.771. The molecule has 1 aliphatic rings. The third kappa shape index (κ3) is 1.72. The highest BCUT2D eigenvalue weighted by Gasteiger charge is 2.32. The molecule has 0 aliphatic heterocycles. The number of nitrogens with two attached hydrogens (primary N) is 1. The number of hydrogen-bond acceptors (Lipinski definition) is 5. The van der Waals surface area contributed by atoms with Crippen LogP contribution in [-0.2, 0) is 0 Å². The Morgan fingerprint density at radius 3 is 3.11 bits per heavy atom. The maximum Gasteiger partial charge on any atom is 0.261 e. The van der Waals surface area contributed by atoms with Gasteiger partial charge in [0.15, 0.2) is 5.82 Å². The Balaban J connectivity index is 1.75. The molecule has 2 N–H and O–H groups in total. The molecule has 4 rings (SSSR count). The van der Waals surface area contributed by atoms with Crippen LogP contribution < -0.4 is 5.73 Å². The molecule has 1 atom stereocenters. The smallest absolute Gasteiger partial charge is 0.261 e. The predicted molar refractivity (Wildman–Crippen MR) is 68.1 cm³/mol. The Kier molecular flexibility index (Phi) is 2.19. The van der Waals surface area contributed by atoms with E-state index in [2.05, 4.69) is 15.2 Å². The molecule has 0 amide bonds. The van der Waals surface area contributed by atoms with Crippen LogP contribution in [0.3, 0.4) is 0 Å².